The molecule has 3 aromatic rings. The molecule has 2 amide bonds. The molecule has 0 saturated carbocycles. The maximum atomic E-state index is 14.7. The largest absolute Gasteiger partial charge is 0.465 e. The number of carboxylic acid groups (broad SMARTS) is 1. The highest BCUT2D eigenvalue weighted by Crippen LogP contribution is 2.40. The highest BCUT2D eigenvalue weighted by atomic mass is 16.5. The number of rotatable bonds is 10. The second-order valence-electron chi connectivity index (χ2n) is 12.5. The third kappa shape index (κ3) is 6.72. The molecule has 3 atom stereocenters. The molecule has 41 heavy (non-hydrogen) atoms. The first-order chi connectivity index (χ1) is 19.4. The number of fused-ring (bicyclic) bond motifs is 1. The first-order valence-corrected chi connectivity index (χ1v) is 14.5. The van der Waals surface area contributed by atoms with Crippen LogP contribution in [0, 0.1) is 18.3 Å². The highest BCUT2D eigenvalue weighted by molar-refractivity contribution is 5.95. The Morgan fingerprint density at radius 3 is 2.54 bits per heavy atom. The second kappa shape index (κ2) is 12.6. The van der Waals surface area contributed by atoms with Gasteiger partial charge in [-0.05, 0) is 42.7 Å². The van der Waals surface area contributed by atoms with E-state index >= 15 is 0 Å². The molecule has 0 aliphatic carbocycles. The summed E-state index contributed by atoms with van der Waals surface area (Å²) in [6, 6.07) is 6.89. The fourth-order valence-corrected chi connectivity index (χ4v) is 6.12. The van der Waals surface area contributed by atoms with Crippen LogP contribution in [0.2, 0.25) is 0 Å². The van der Waals surface area contributed by atoms with Gasteiger partial charge in [0.25, 0.3) is 5.91 Å². The number of hydrogen-bond acceptors (Lipinski definition) is 7. The van der Waals surface area contributed by atoms with Crippen molar-refractivity contribution in [3.8, 4) is 0 Å². The Hall–Kier alpha value is -3.47. The van der Waals surface area contributed by atoms with Crippen LogP contribution >= 0.6 is 0 Å². The number of likely N-dealkylation sites (tertiary alicyclic amines) is 1. The lowest BCUT2D eigenvalue weighted by Gasteiger charge is -2.52. The third-order valence-corrected chi connectivity index (χ3v) is 7.72. The molecule has 0 spiro atoms. The van der Waals surface area contributed by atoms with Crippen molar-refractivity contribution in [1.29, 1.82) is 0 Å². The molecule has 0 radical (unpaired) electrons. The Balaban J connectivity index is 1.81. The number of carbonyl (C=O) groups is 2. The van der Waals surface area contributed by atoms with Gasteiger partial charge in [0.1, 0.15) is 0 Å². The molecule has 4 rings (SSSR count). The number of aryl methyl sites for hydroxylation is 2. The molecule has 1 aliphatic rings. The Bertz CT molecular complexity index is 1340. The lowest BCUT2D eigenvalue weighted by atomic mass is 9.74. The summed E-state index contributed by atoms with van der Waals surface area (Å²) in [5.41, 5.74) is 1.21. The molecule has 1 unspecified atom stereocenters. The second-order valence-corrected chi connectivity index (χ2v) is 12.5. The summed E-state index contributed by atoms with van der Waals surface area (Å²) in [5, 5.41) is 18.6. The lowest BCUT2D eigenvalue weighted by Crippen LogP contribution is -2.64. The first kappa shape index (κ1) is 30.5. The molecule has 1 saturated heterocycles. The molecule has 1 N–H and O–H groups in total. The van der Waals surface area contributed by atoms with E-state index in [4.69, 9.17) is 14.1 Å². The van der Waals surface area contributed by atoms with Gasteiger partial charge < -0.3 is 28.6 Å². The maximum absolute atomic E-state index is 14.7. The number of nitrogens with zero attached hydrogens (tertiary/aromatic N) is 6. The van der Waals surface area contributed by atoms with E-state index in [-0.39, 0.29) is 24.3 Å². The number of unbranched alkanes of at least 4 members (excludes halogenated alkanes) is 1. The number of imidazole rings is 1. The average molecular weight is 569 g/mol. The summed E-state index contributed by atoms with van der Waals surface area (Å²) >= 11 is 0. The van der Waals surface area contributed by atoms with Crippen molar-refractivity contribution in [1.82, 2.24) is 29.5 Å². The predicted molar refractivity (Wildman–Crippen MR) is 155 cm³/mol. The van der Waals surface area contributed by atoms with Gasteiger partial charge in [-0.1, -0.05) is 46.8 Å². The van der Waals surface area contributed by atoms with Crippen molar-refractivity contribution >= 4 is 23.0 Å². The maximum Gasteiger partial charge on any atom is 0.407 e. The van der Waals surface area contributed by atoms with Crippen LogP contribution in [0.5, 0.6) is 0 Å². The van der Waals surface area contributed by atoms with Crippen LogP contribution < -0.4 is 0 Å². The van der Waals surface area contributed by atoms with Gasteiger partial charge in [-0.25, -0.2) is 9.78 Å². The van der Waals surface area contributed by atoms with Gasteiger partial charge >= 0.3 is 6.09 Å². The van der Waals surface area contributed by atoms with Crippen molar-refractivity contribution in [2.24, 2.45) is 11.3 Å². The Morgan fingerprint density at radius 2 is 1.93 bits per heavy atom. The number of amides is 2. The molecule has 1 aromatic carbocycles. The minimum absolute atomic E-state index is 0.142. The number of benzene rings is 1. The Kier molecular flexibility index (Phi) is 9.36. The summed E-state index contributed by atoms with van der Waals surface area (Å²) in [4.78, 5) is 35.5. The van der Waals surface area contributed by atoms with Gasteiger partial charge in [-0.15, -0.1) is 10.2 Å². The number of para-hydroxylation sites is 2. The number of methoxy groups -OCH3 is 1. The van der Waals surface area contributed by atoms with Gasteiger partial charge in [0.15, 0.2) is 5.82 Å². The minimum atomic E-state index is -1.03. The van der Waals surface area contributed by atoms with Crippen LogP contribution in [0.4, 0.5) is 4.79 Å². The lowest BCUT2D eigenvalue weighted by molar-refractivity contribution is -0.0160. The van der Waals surface area contributed by atoms with Crippen molar-refractivity contribution in [3.63, 3.8) is 0 Å². The van der Waals surface area contributed by atoms with Gasteiger partial charge in [-0.3, -0.25) is 4.79 Å². The van der Waals surface area contributed by atoms with Crippen LogP contribution in [-0.4, -0.2) is 85.5 Å². The van der Waals surface area contributed by atoms with Gasteiger partial charge in [-0.2, -0.15) is 0 Å². The van der Waals surface area contributed by atoms with E-state index in [1.807, 2.05) is 54.5 Å². The highest BCUT2D eigenvalue weighted by Gasteiger charge is 2.49. The quantitative estimate of drug-likeness (QED) is 0.331. The molecule has 11 nitrogen and oxygen atoms in total. The van der Waals surface area contributed by atoms with E-state index in [9.17, 15) is 14.7 Å². The molecular formula is C30H44N6O5. The van der Waals surface area contributed by atoms with Gasteiger partial charge in [0.05, 0.1) is 29.0 Å². The van der Waals surface area contributed by atoms with Crippen LogP contribution in [0.1, 0.15) is 82.2 Å². The summed E-state index contributed by atoms with van der Waals surface area (Å²) < 4.78 is 13.0. The topological polar surface area (TPSA) is 127 Å². The summed E-state index contributed by atoms with van der Waals surface area (Å²) in [7, 11) is 1.68. The zero-order valence-corrected chi connectivity index (χ0v) is 25.3. The molecular weight excluding hydrogens is 524 g/mol. The normalized spacial score (nSPS) is 19.7. The van der Waals surface area contributed by atoms with Crippen LogP contribution in [-0.2, 0) is 11.3 Å². The standard InChI is InChI=1S/C30H44N6O5/c1-19(2)17-35(28(37)26-31-22-12-8-9-13-23(22)34(26)14-10-11-15-40-7)24-16-21(27-33-32-20(3)41-27)18-36(29(38)39)25(24)30(4,5)6/h8-9,12-13,19,21,24-25H,10-11,14-18H2,1-7H3,(H,38,39)/t21-,24+,25?/m1/s1. The molecule has 3 heterocycles. The summed E-state index contributed by atoms with van der Waals surface area (Å²) in [5.74, 6) is 0.792. The smallest absolute Gasteiger partial charge is 0.407 e. The minimum Gasteiger partial charge on any atom is -0.465 e. The fraction of sp³-hybridized carbons (Fsp3) is 0.633. The molecule has 224 valence electrons. The first-order valence-electron chi connectivity index (χ1n) is 14.5. The molecule has 11 heteroatoms. The number of piperidine rings is 1. The average Bonchev–Trinajstić information content (AvgIpc) is 3.51. The monoisotopic (exact) mass is 568 g/mol. The van der Waals surface area contributed by atoms with E-state index in [0.29, 0.717) is 43.7 Å². The van der Waals surface area contributed by atoms with Crippen LogP contribution in [0.3, 0.4) is 0 Å². The van der Waals surface area contributed by atoms with E-state index in [1.165, 1.54) is 4.90 Å². The fourth-order valence-electron chi connectivity index (χ4n) is 6.12. The van der Waals surface area contributed by atoms with Crippen LogP contribution in [0.25, 0.3) is 11.0 Å². The molecule has 1 fully saturated rings. The zero-order valence-electron chi connectivity index (χ0n) is 25.3. The predicted octanol–water partition coefficient (Wildman–Crippen LogP) is 5.20. The zero-order chi connectivity index (χ0) is 29.9. The van der Waals surface area contributed by atoms with Crippen molar-refractivity contribution < 1.29 is 23.8 Å². The number of ether oxygens (including phenoxy) is 1. The van der Waals surface area contributed by atoms with Crippen molar-refractivity contribution in [3.05, 3.63) is 41.9 Å². The third-order valence-electron chi connectivity index (χ3n) is 7.72. The molecule has 2 aromatic heterocycles. The van der Waals surface area contributed by atoms with E-state index in [1.54, 1.807) is 14.0 Å². The van der Waals surface area contributed by atoms with E-state index in [0.717, 1.165) is 23.9 Å². The SMILES string of the molecule is COCCCCn1c(C(=O)N(CC(C)C)[C@H]2C[C@@H](c3nnc(C)o3)CN(C(=O)O)C2C(C)(C)C)nc2ccccc21. The van der Waals surface area contributed by atoms with Crippen molar-refractivity contribution in [2.75, 3.05) is 26.8 Å². The Morgan fingerprint density at radius 1 is 1.20 bits per heavy atom. The van der Waals surface area contributed by atoms with Gasteiger partial charge in [0, 0.05) is 40.3 Å². The van der Waals surface area contributed by atoms with Gasteiger partial charge in [0.2, 0.25) is 11.8 Å². The molecule has 0 bridgehead atoms. The number of aromatic nitrogens is 4. The number of carbonyl (C=O) groups excluding carboxylic acids is 1. The Labute approximate surface area is 241 Å². The molecule has 1 aliphatic heterocycles. The summed E-state index contributed by atoms with van der Waals surface area (Å²) in [6.07, 6.45) is 1.16. The van der Waals surface area contributed by atoms with E-state index in [2.05, 4.69) is 24.0 Å². The van der Waals surface area contributed by atoms with Crippen LogP contribution in [0.15, 0.2) is 28.7 Å². The van der Waals surface area contributed by atoms with Crippen molar-refractivity contribution in [2.45, 2.75) is 85.4 Å². The van der Waals surface area contributed by atoms with E-state index < -0.39 is 23.6 Å². The summed E-state index contributed by atoms with van der Waals surface area (Å²) in [6.45, 7) is 13.9. The number of hydrogen-bond donors (Lipinski definition) is 1.